The smallest absolute Gasteiger partial charge is 0.416 e. The molecule has 1 aromatic carbocycles. The van der Waals surface area contributed by atoms with Crippen LogP contribution in [0.3, 0.4) is 0 Å². The Morgan fingerprint density at radius 2 is 1.65 bits per heavy atom. The topological polar surface area (TPSA) is 131 Å². The molecule has 16 heteroatoms. The van der Waals surface area contributed by atoms with E-state index in [-0.39, 0.29) is 30.5 Å². The number of hydrogen-bond acceptors (Lipinski definition) is 6. The number of nitrogens with one attached hydrogen (secondary N) is 3. The van der Waals surface area contributed by atoms with Crippen molar-refractivity contribution in [3.8, 4) is 11.3 Å². The Kier molecular flexibility index (Phi) is 9.92. The first-order valence-electron chi connectivity index (χ1n) is 13.0. The van der Waals surface area contributed by atoms with E-state index in [1.165, 1.54) is 29.4 Å². The number of aromatic amines is 1. The number of ether oxygens (including phenoxy) is 1. The second-order valence-electron chi connectivity index (χ2n) is 10.8. The number of imidazole rings is 1. The van der Waals surface area contributed by atoms with Crippen LogP contribution in [-0.4, -0.2) is 49.7 Å². The number of ketones is 1. The van der Waals surface area contributed by atoms with Gasteiger partial charge in [0.1, 0.15) is 18.0 Å². The molecule has 2 amide bonds. The van der Waals surface area contributed by atoms with Gasteiger partial charge in [-0.05, 0) is 24.6 Å². The fourth-order valence-electron chi connectivity index (χ4n) is 3.92. The molecule has 0 aliphatic rings. The van der Waals surface area contributed by atoms with Crippen LogP contribution in [0.4, 0.5) is 37.0 Å². The quantitative estimate of drug-likeness (QED) is 0.194. The molecular formula is C27H30F6N6O4. The molecule has 43 heavy (non-hydrogen) atoms. The number of carbonyl (C=O) groups is 3. The molecule has 0 unspecified atom stereocenters. The van der Waals surface area contributed by atoms with Crippen molar-refractivity contribution in [1.29, 1.82) is 0 Å². The maximum Gasteiger partial charge on any atom is 0.416 e. The van der Waals surface area contributed by atoms with Crippen LogP contribution in [0.25, 0.3) is 11.3 Å². The number of benzene rings is 1. The average Bonchev–Trinajstić information content (AvgIpc) is 3.58. The zero-order valence-corrected chi connectivity index (χ0v) is 23.6. The minimum atomic E-state index is -5.02. The molecule has 3 aromatic rings. The lowest BCUT2D eigenvalue weighted by atomic mass is 9.89. The number of amides is 2. The summed E-state index contributed by atoms with van der Waals surface area (Å²) in [4.78, 5) is 41.9. The molecule has 0 saturated carbocycles. The predicted octanol–water partition coefficient (Wildman–Crippen LogP) is 5.83. The summed E-state index contributed by atoms with van der Waals surface area (Å²) >= 11 is 0. The number of carbonyl (C=O) groups excluding carboxylic acids is 3. The first-order valence-corrected chi connectivity index (χ1v) is 13.0. The summed E-state index contributed by atoms with van der Waals surface area (Å²) in [6.45, 7) is 6.87. The van der Waals surface area contributed by atoms with Crippen molar-refractivity contribution < 1.29 is 45.5 Å². The number of aromatic nitrogens is 4. The van der Waals surface area contributed by atoms with E-state index in [9.17, 15) is 40.7 Å². The minimum Gasteiger partial charge on any atom is -0.444 e. The first kappa shape index (κ1) is 33.1. The molecule has 0 radical (unpaired) electrons. The molecule has 0 spiro atoms. The van der Waals surface area contributed by atoms with Gasteiger partial charge in [-0.25, -0.2) is 9.78 Å². The van der Waals surface area contributed by atoms with Gasteiger partial charge in [-0.3, -0.25) is 14.7 Å². The Morgan fingerprint density at radius 1 is 1.02 bits per heavy atom. The van der Waals surface area contributed by atoms with Gasteiger partial charge in [-0.15, -0.1) is 0 Å². The third-order valence-electron chi connectivity index (χ3n) is 6.27. The molecule has 10 nitrogen and oxygen atoms in total. The van der Waals surface area contributed by atoms with E-state index in [4.69, 9.17) is 4.74 Å². The maximum absolute atomic E-state index is 13.3. The van der Waals surface area contributed by atoms with Crippen molar-refractivity contribution in [2.75, 3.05) is 5.32 Å². The lowest BCUT2D eigenvalue weighted by molar-refractivity contribution is -0.143. The Labute approximate surface area is 242 Å². The van der Waals surface area contributed by atoms with Crippen LogP contribution in [0.5, 0.6) is 0 Å². The summed E-state index contributed by atoms with van der Waals surface area (Å²) in [6, 6.07) is 1.39. The molecular weight excluding hydrogens is 586 g/mol. The molecule has 3 N–H and O–H groups in total. The first-order chi connectivity index (χ1) is 19.9. The van der Waals surface area contributed by atoms with Crippen LogP contribution < -0.4 is 10.6 Å². The molecule has 0 aliphatic carbocycles. The number of alkyl halides is 6. The van der Waals surface area contributed by atoms with Crippen LogP contribution >= 0.6 is 0 Å². The van der Waals surface area contributed by atoms with Gasteiger partial charge >= 0.3 is 18.4 Å². The summed E-state index contributed by atoms with van der Waals surface area (Å²) in [7, 11) is 0. The number of nitrogens with zero attached hydrogens (tertiary/aromatic N) is 3. The Morgan fingerprint density at radius 3 is 2.16 bits per heavy atom. The number of rotatable bonds is 10. The lowest BCUT2D eigenvalue weighted by Crippen LogP contribution is -2.48. The van der Waals surface area contributed by atoms with Crippen LogP contribution in [0.2, 0.25) is 0 Å². The standard InChI is InChI=1S/C27H30F6N6O4/c1-5-6-18(22(40)23(41)37-21-7-8-35-38-21)36-24(42)43-20(25(2,3)4)13-39-12-19(34-14-39)15-9-16(26(28,29)30)11-17(10-15)27(31,32)33/h7-12,14,18,20H,5-6,13H2,1-4H3,(H,36,42)(H2,35,37,38,41)/t18-,20+/m0/s1. The molecule has 0 fully saturated rings. The third-order valence-corrected chi connectivity index (χ3v) is 6.27. The number of Topliss-reactive ketones (excluding diaryl/α,β-unsaturated/α-hetero) is 1. The van der Waals surface area contributed by atoms with Crippen LogP contribution in [0, 0.1) is 5.41 Å². The number of anilines is 1. The molecule has 2 aromatic heterocycles. The lowest BCUT2D eigenvalue weighted by Gasteiger charge is -2.31. The maximum atomic E-state index is 13.3. The van der Waals surface area contributed by atoms with Crippen molar-refractivity contribution in [3.63, 3.8) is 0 Å². The zero-order chi connectivity index (χ0) is 32.2. The summed E-state index contributed by atoms with van der Waals surface area (Å²) in [5.74, 6) is -1.72. The number of alkyl carbamates (subject to hydrolysis) is 1. The van der Waals surface area contributed by atoms with E-state index < -0.39 is 64.4 Å². The molecule has 3 rings (SSSR count). The number of halogens is 6. The highest BCUT2D eigenvalue weighted by atomic mass is 19.4. The monoisotopic (exact) mass is 616 g/mol. The summed E-state index contributed by atoms with van der Waals surface area (Å²) in [6.07, 6.45) is -7.58. The van der Waals surface area contributed by atoms with Gasteiger partial charge in [-0.2, -0.15) is 31.4 Å². The van der Waals surface area contributed by atoms with Crippen LogP contribution in [0.15, 0.2) is 43.0 Å². The van der Waals surface area contributed by atoms with E-state index in [2.05, 4.69) is 25.8 Å². The van der Waals surface area contributed by atoms with Gasteiger partial charge < -0.3 is 19.9 Å². The highest BCUT2D eigenvalue weighted by molar-refractivity contribution is 6.42. The Balaban J connectivity index is 1.77. The molecule has 0 bridgehead atoms. The van der Waals surface area contributed by atoms with Crippen molar-refractivity contribution in [2.24, 2.45) is 5.41 Å². The van der Waals surface area contributed by atoms with Gasteiger partial charge in [0.25, 0.3) is 5.91 Å². The Bertz CT molecular complexity index is 1390. The van der Waals surface area contributed by atoms with Gasteiger partial charge in [0.05, 0.1) is 35.9 Å². The van der Waals surface area contributed by atoms with Gasteiger partial charge in [0, 0.05) is 23.2 Å². The van der Waals surface area contributed by atoms with E-state index in [0.717, 1.165) is 0 Å². The number of hydrogen-bond donors (Lipinski definition) is 3. The van der Waals surface area contributed by atoms with Crippen LogP contribution in [0.1, 0.15) is 51.7 Å². The Hall–Kier alpha value is -4.37. The second kappa shape index (κ2) is 12.9. The minimum absolute atomic E-state index is 0.0279. The van der Waals surface area contributed by atoms with E-state index in [0.29, 0.717) is 18.6 Å². The molecule has 0 saturated heterocycles. The van der Waals surface area contributed by atoms with Gasteiger partial charge in [0.15, 0.2) is 0 Å². The van der Waals surface area contributed by atoms with Crippen molar-refractivity contribution >= 4 is 23.6 Å². The molecule has 0 aliphatic heterocycles. The predicted molar refractivity (Wildman–Crippen MR) is 141 cm³/mol. The average molecular weight is 617 g/mol. The van der Waals surface area contributed by atoms with Gasteiger partial charge in [-0.1, -0.05) is 34.1 Å². The summed E-state index contributed by atoms with van der Waals surface area (Å²) in [5, 5.41) is 10.9. The van der Waals surface area contributed by atoms with Crippen molar-refractivity contribution in [1.82, 2.24) is 25.1 Å². The van der Waals surface area contributed by atoms with Crippen molar-refractivity contribution in [2.45, 2.75) is 71.6 Å². The van der Waals surface area contributed by atoms with E-state index in [1.54, 1.807) is 27.7 Å². The summed E-state index contributed by atoms with van der Waals surface area (Å²) < 4.78 is 86.8. The van der Waals surface area contributed by atoms with Crippen molar-refractivity contribution in [3.05, 3.63) is 54.1 Å². The summed E-state index contributed by atoms with van der Waals surface area (Å²) in [5.41, 5.74) is -4.24. The zero-order valence-electron chi connectivity index (χ0n) is 23.6. The second-order valence-corrected chi connectivity index (χ2v) is 10.8. The molecule has 2 heterocycles. The largest absolute Gasteiger partial charge is 0.444 e. The SMILES string of the molecule is CCC[C@H](NC(=O)O[C@H](Cn1cnc(-c2cc(C(F)(F)F)cc(C(F)(F)F)c2)c1)C(C)(C)C)C(=O)C(=O)Nc1ccn[nH]1. The van der Waals surface area contributed by atoms with E-state index >= 15 is 0 Å². The third kappa shape index (κ3) is 9.06. The van der Waals surface area contributed by atoms with Crippen LogP contribution in [-0.2, 0) is 33.2 Å². The normalized spacial score (nSPS) is 13.7. The highest BCUT2D eigenvalue weighted by Gasteiger charge is 2.37. The number of H-pyrrole nitrogens is 1. The molecule has 234 valence electrons. The fraction of sp³-hybridized carbons (Fsp3) is 0.444. The van der Waals surface area contributed by atoms with E-state index in [1.807, 2.05) is 0 Å². The van der Waals surface area contributed by atoms with Gasteiger partial charge in [0.2, 0.25) is 5.78 Å². The fourth-order valence-corrected chi connectivity index (χ4v) is 3.92. The molecule has 2 atom stereocenters. The highest BCUT2D eigenvalue weighted by Crippen LogP contribution is 2.38.